The van der Waals surface area contributed by atoms with Gasteiger partial charge in [0.1, 0.15) is 0 Å². The Bertz CT molecular complexity index is 488. The summed E-state index contributed by atoms with van der Waals surface area (Å²) >= 11 is 3.25. The minimum atomic E-state index is -3.47. The highest BCUT2D eigenvalue weighted by molar-refractivity contribution is 9.10. The molecule has 6 nitrogen and oxygen atoms in total. The number of aromatic nitrogens is 1. The van der Waals surface area contributed by atoms with Crippen LogP contribution in [0.3, 0.4) is 0 Å². The van der Waals surface area contributed by atoms with Crippen molar-refractivity contribution in [3.63, 3.8) is 0 Å². The Labute approximate surface area is 109 Å². The molecule has 1 aromatic heterocycles. The van der Waals surface area contributed by atoms with E-state index in [9.17, 15) is 8.42 Å². The van der Waals surface area contributed by atoms with Gasteiger partial charge in [0, 0.05) is 38.6 Å². The second-order valence-corrected chi connectivity index (χ2v) is 6.14. The van der Waals surface area contributed by atoms with Gasteiger partial charge in [0.05, 0.1) is 10.2 Å². The first-order chi connectivity index (χ1) is 8.09. The third kappa shape index (κ3) is 3.15. The summed E-state index contributed by atoms with van der Waals surface area (Å²) in [7, 11) is -3.47. The van der Waals surface area contributed by atoms with Crippen molar-refractivity contribution >= 4 is 31.8 Å². The minimum Gasteiger partial charge on any atom is -0.314 e. The van der Waals surface area contributed by atoms with E-state index < -0.39 is 10.2 Å². The minimum absolute atomic E-state index is 0.484. The molecule has 0 atom stereocenters. The maximum atomic E-state index is 12.1. The normalized spacial score (nSPS) is 17.9. The van der Waals surface area contributed by atoms with Crippen molar-refractivity contribution in [2.45, 2.75) is 0 Å². The van der Waals surface area contributed by atoms with E-state index in [4.69, 9.17) is 0 Å². The number of nitrogens with zero attached hydrogens (tertiary/aromatic N) is 2. The van der Waals surface area contributed by atoms with Gasteiger partial charge in [0.25, 0.3) is 0 Å². The fourth-order valence-corrected chi connectivity index (χ4v) is 3.28. The number of pyridine rings is 1. The summed E-state index contributed by atoms with van der Waals surface area (Å²) < 4.78 is 28.7. The lowest BCUT2D eigenvalue weighted by atomic mass is 10.4. The van der Waals surface area contributed by atoms with E-state index in [0.29, 0.717) is 36.3 Å². The molecule has 94 valence electrons. The predicted molar refractivity (Wildman–Crippen MR) is 68.9 cm³/mol. The lowest BCUT2D eigenvalue weighted by Crippen LogP contribution is -2.48. The molecule has 1 aromatic rings. The van der Waals surface area contributed by atoms with Crippen LogP contribution in [0, 0.1) is 0 Å². The standard InChI is InChI=1S/C9H13BrN4O2S/c10-8-7-12-2-1-9(8)13-17(15,16)14-5-3-11-4-6-14/h1-2,7,11H,3-6H2,(H,12,13). The van der Waals surface area contributed by atoms with Crippen LogP contribution in [0.4, 0.5) is 5.69 Å². The number of hydrogen-bond acceptors (Lipinski definition) is 4. The summed E-state index contributed by atoms with van der Waals surface area (Å²) in [5.74, 6) is 0. The topological polar surface area (TPSA) is 74.3 Å². The molecule has 0 aliphatic carbocycles. The van der Waals surface area contributed by atoms with E-state index in [2.05, 4.69) is 31.0 Å². The third-order valence-corrected chi connectivity index (χ3v) is 4.58. The average Bonchev–Trinajstić information content (AvgIpc) is 2.33. The summed E-state index contributed by atoms with van der Waals surface area (Å²) in [5, 5.41) is 3.11. The SMILES string of the molecule is O=S(=O)(Nc1ccncc1Br)N1CCNCC1. The molecule has 0 saturated carbocycles. The zero-order valence-electron chi connectivity index (χ0n) is 9.06. The van der Waals surface area contributed by atoms with Gasteiger partial charge in [-0.25, -0.2) is 0 Å². The molecule has 0 aromatic carbocycles. The highest BCUT2D eigenvalue weighted by atomic mass is 79.9. The van der Waals surface area contributed by atoms with Gasteiger partial charge in [-0.3, -0.25) is 9.71 Å². The highest BCUT2D eigenvalue weighted by Crippen LogP contribution is 2.22. The first kappa shape index (κ1) is 12.7. The van der Waals surface area contributed by atoms with E-state index in [0.717, 1.165) is 0 Å². The summed E-state index contributed by atoms with van der Waals surface area (Å²) in [6, 6.07) is 1.61. The molecule has 8 heteroatoms. The van der Waals surface area contributed by atoms with Gasteiger partial charge in [0.2, 0.25) is 0 Å². The molecule has 0 radical (unpaired) electrons. The molecule has 2 rings (SSSR count). The Balaban J connectivity index is 2.14. The Morgan fingerprint density at radius 1 is 1.41 bits per heavy atom. The molecule has 0 spiro atoms. The van der Waals surface area contributed by atoms with Gasteiger partial charge >= 0.3 is 10.2 Å². The zero-order valence-corrected chi connectivity index (χ0v) is 11.5. The summed E-state index contributed by atoms with van der Waals surface area (Å²) in [5.41, 5.74) is 0.499. The van der Waals surface area contributed by atoms with Crippen LogP contribution >= 0.6 is 15.9 Å². The van der Waals surface area contributed by atoms with Gasteiger partial charge in [-0.05, 0) is 22.0 Å². The van der Waals surface area contributed by atoms with E-state index >= 15 is 0 Å². The second-order valence-electron chi connectivity index (χ2n) is 3.61. The number of rotatable bonds is 3. The Morgan fingerprint density at radius 3 is 2.76 bits per heavy atom. The molecule has 0 unspecified atom stereocenters. The average molecular weight is 321 g/mol. The van der Waals surface area contributed by atoms with Gasteiger partial charge in [-0.2, -0.15) is 12.7 Å². The predicted octanol–water partition coefficient (Wildman–Crippen LogP) is 0.406. The van der Waals surface area contributed by atoms with Crippen LogP contribution < -0.4 is 10.0 Å². The Morgan fingerprint density at radius 2 is 2.12 bits per heavy atom. The molecule has 1 aliphatic heterocycles. The molecule has 1 aliphatic rings. The number of nitrogens with one attached hydrogen (secondary N) is 2. The number of anilines is 1. The lowest BCUT2D eigenvalue weighted by Gasteiger charge is -2.27. The lowest BCUT2D eigenvalue weighted by molar-refractivity contribution is 0.362. The Hall–Kier alpha value is -0.700. The van der Waals surface area contributed by atoms with Crippen LogP contribution in [-0.2, 0) is 10.2 Å². The molecular formula is C9H13BrN4O2S. The second kappa shape index (κ2) is 5.30. The van der Waals surface area contributed by atoms with E-state index in [-0.39, 0.29) is 0 Å². The van der Waals surface area contributed by atoms with Crippen LogP contribution in [0.5, 0.6) is 0 Å². The number of halogens is 1. The fourth-order valence-electron chi connectivity index (χ4n) is 1.55. The molecule has 2 N–H and O–H groups in total. The van der Waals surface area contributed by atoms with Crippen molar-refractivity contribution < 1.29 is 8.42 Å². The van der Waals surface area contributed by atoms with Crippen molar-refractivity contribution in [2.24, 2.45) is 0 Å². The first-order valence-electron chi connectivity index (χ1n) is 5.18. The molecular weight excluding hydrogens is 308 g/mol. The largest absolute Gasteiger partial charge is 0.314 e. The summed E-state index contributed by atoms with van der Waals surface area (Å²) in [4.78, 5) is 3.88. The van der Waals surface area contributed by atoms with Crippen LogP contribution in [0.25, 0.3) is 0 Å². The molecule has 0 amide bonds. The Kier molecular flexibility index (Phi) is 3.97. The number of hydrogen-bond donors (Lipinski definition) is 2. The van der Waals surface area contributed by atoms with Crippen LogP contribution in [0.1, 0.15) is 0 Å². The van der Waals surface area contributed by atoms with E-state index in [1.54, 1.807) is 18.5 Å². The van der Waals surface area contributed by atoms with E-state index in [1.165, 1.54) is 4.31 Å². The molecule has 1 fully saturated rings. The van der Waals surface area contributed by atoms with Gasteiger partial charge in [0.15, 0.2) is 0 Å². The molecule has 17 heavy (non-hydrogen) atoms. The number of piperazine rings is 1. The van der Waals surface area contributed by atoms with Gasteiger partial charge < -0.3 is 5.32 Å². The van der Waals surface area contributed by atoms with Crippen LogP contribution in [0.15, 0.2) is 22.9 Å². The van der Waals surface area contributed by atoms with Crippen LogP contribution in [-0.4, -0.2) is 43.9 Å². The maximum absolute atomic E-state index is 12.1. The van der Waals surface area contributed by atoms with Crippen molar-refractivity contribution in [1.29, 1.82) is 0 Å². The van der Waals surface area contributed by atoms with Crippen molar-refractivity contribution in [1.82, 2.24) is 14.6 Å². The summed E-state index contributed by atoms with van der Waals surface area (Å²) in [6.45, 7) is 2.33. The monoisotopic (exact) mass is 320 g/mol. The quantitative estimate of drug-likeness (QED) is 0.845. The van der Waals surface area contributed by atoms with Crippen molar-refractivity contribution in [3.05, 3.63) is 22.9 Å². The van der Waals surface area contributed by atoms with E-state index in [1.807, 2.05) is 0 Å². The van der Waals surface area contributed by atoms with Crippen LogP contribution in [0.2, 0.25) is 0 Å². The molecule has 2 heterocycles. The van der Waals surface area contributed by atoms with Crippen molar-refractivity contribution in [3.8, 4) is 0 Å². The first-order valence-corrected chi connectivity index (χ1v) is 7.41. The highest BCUT2D eigenvalue weighted by Gasteiger charge is 2.23. The van der Waals surface area contributed by atoms with Crippen molar-refractivity contribution in [2.75, 3.05) is 30.9 Å². The summed E-state index contributed by atoms with van der Waals surface area (Å²) in [6.07, 6.45) is 3.09. The molecule has 1 saturated heterocycles. The third-order valence-electron chi connectivity index (χ3n) is 2.43. The maximum Gasteiger partial charge on any atom is 0.301 e. The smallest absolute Gasteiger partial charge is 0.301 e. The zero-order chi connectivity index (χ0) is 12.3. The van der Waals surface area contributed by atoms with Gasteiger partial charge in [-0.15, -0.1) is 0 Å². The molecule has 0 bridgehead atoms. The fraction of sp³-hybridized carbons (Fsp3) is 0.444. The van der Waals surface area contributed by atoms with Gasteiger partial charge in [-0.1, -0.05) is 0 Å².